The van der Waals surface area contributed by atoms with Crippen LogP contribution in [0.15, 0.2) is 24.3 Å². The molecule has 0 spiro atoms. The Morgan fingerprint density at radius 3 is 1.80 bits per heavy atom. The zero-order chi connectivity index (χ0) is 15.0. The van der Waals surface area contributed by atoms with Crippen LogP contribution in [-0.2, 0) is 9.59 Å². The van der Waals surface area contributed by atoms with Gasteiger partial charge in [0, 0.05) is 11.6 Å². The minimum absolute atomic E-state index is 0.350. The average molecular weight is 280 g/mol. The molecule has 0 saturated heterocycles. The molecule has 2 aliphatic rings. The van der Waals surface area contributed by atoms with E-state index < -0.39 is 11.9 Å². The van der Waals surface area contributed by atoms with Crippen molar-refractivity contribution in [3.63, 3.8) is 0 Å². The molecule has 0 unspecified atom stereocenters. The summed E-state index contributed by atoms with van der Waals surface area (Å²) in [5.74, 6) is -0.751. The van der Waals surface area contributed by atoms with Crippen LogP contribution in [0, 0.1) is 11.8 Å². The van der Waals surface area contributed by atoms with Gasteiger partial charge in [0.15, 0.2) is 0 Å². The Balaban J connectivity index is 0.000000347. The summed E-state index contributed by atoms with van der Waals surface area (Å²) in [6.45, 7) is 2.96. The van der Waals surface area contributed by atoms with Gasteiger partial charge in [0.2, 0.25) is 0 Å². The first-order valence-electron chi connectivity index (χ1n) is 7.35. The van der Waals surface area contributed by atoms with Crippen LogP contribution in [0.3, 0.4) is 0 Å². The highest BCUT2D eigenvalue weighted by Crippen LogP contribution is 2.34. The molecule has 4 heteroatoms. The number of rotatable bonds is 4. The fourth-order valence-corrected chi connectivity index (χ4v) is 3.00. The number of aliphatic carboxylic acids is 2. The van der Waals surface area contributed by atoms with E-state index in [9.17, 15) is 14.7 Å². The van der Waals surface area contributed by atoms with E-state index in [1.165, 1.54) is 38.5 Å². The lowest BCUT2D eigenvalue weighted by Crippen LogP contribution is -2.11. The van der Waals surface area contributed by atoms with Crippen molar-refractivity contribution >= 4 is 11.9 Å². The van der Waals surface area contributed by atoms with Gasteiger partial charge in [0.05, 0.1) is 0 Å². The van der Waals surface area contributed by atoms with E-state index in [2.05, 4.69) is 12.7 Å². The smallest absolute Gasteiger partial charge is 0.331 e. The predicted octanol–water partition coefficient (Wildman–Crippen LogP) is 3.63. The Labute approximate surface area is 120 Å². The van der Waals surface area contributed by atoms with Crippen LogP contribution in [0.1, 0.15) is 51.4 Å². The van der Waals surface area contributed by atoms with Crippen molar-refractivity contribution in [3.05, 3.63) is 24.3 Å². The molecule has 2 fully saturated rings. The second kappa shape index (κ2) is 8.56. The first kappa shape index (κ1) is 16.5. The van der Waals surface area contributed by atoms with Gasteiger partial charge in [0.25, 0.3) is 0 Å². The summed E-state index contributed by atoms with van der Waals surface area (Å²) in [4.78, 5) is 20.5. The van der Waals surface area contributed by atoms with Gasteiger partial charge in [-0.1, -0.05) is 38.3 Å². The van der Waals surface area contributed by atoms with E-state index >= 15 is 0 Å². The molecule has 4 nitrogen and oxygen atoms in total. The lowest BCUT2D eigenvalue weighted by atomic mass is 9.93. The van der Waals surface area contributed by atoms with Gasteiger partial charge in [-0.3, -0.25) is 0 Å². The number of carbonyl (C=O) groups is 2. The summed E-state index contributed by atoms with van der Waals surface area (Å²) in [6.07, 6.45) is 12.4. The normalized spacial score (nSPS) is 20.3. The van der Waals surface area contributed by atoms with Gasteiger partial charge in [-0.2, -0.15) is 0 Å². The molecule has 0 radical (unpaired) electrons. The van der Waals surface area contributed by atoms with Crippen LogP contribution in [0.25, 0.3) is 0 Å². The van der Waals surface area contributed by atoms with E-state index in [0.29, 0.717) is 11.8 Å². The number of allylic oxidation sites excluding steroid dienone is 1. The molecule has 0 aromatic heterocycles. The van der Waals surface area contributed by atoms with Crippen LogP contribution < -0.4 is 0 Å². The quantitative estimate of drug-likeness (QED) is 0.771. The van der Waals surface area contributed by atoms with Gasteiger partial charge in [0.1, 0.15) is 0 Å². The minimum Gasteiger partial charge on any atom is -0.478 e. The molecule has 2 aliphatic carbocycles. The van der Waals surface area contributed by atoms with Crippen LogP contribution in [-0.4, -0.2) is 22.2 Å². The fourth-order valence-electron chi connectivity index (χ4n) is 3.00. The summed E-state index contributed by atoms with van der Waals surface area (Å²) in [7, 11) is 0. The monoisotopic (exact) mass is 280 g/mol. The minimum atomic E-state index is -0.981. The summed E-state index contributed by atoms with van der Waals surface area (Å²) in [5, 5.41) is 16.8. The van der Waals surface area contributed by atoms with Gasteiger partial charge >= 0.3 is 11.9 Å². The lowest BCUT2D eigenvalue weighted by Gasteiger charge is -2.12. The van der Waals surface area contributed by atoms with E-state index in [1.54, 1.807) is 0 Å². The summed E-state index contributed by atoms with van der Waals surface area (Å²) in [6, 6.07) is 0. The Kier molecular flexibility index (Phi) is 7.05. The molecule has 112 valence electrons. The number of carboxylic acid groups (broad SMARTS) is 2. The first-order chi connectivity index (χ1) is 9.54. The first-order valence-corrected chi connectivity index (χ1v) is 7.35. The van der Waals surface area contributed by atoms with E-state index in [0.717, 1.165) is 24.5 Å². The van der Waals surface area contributed by atoms with Crippen molar-refractivity contribution in [1.29, 1.82) is 0 Å². The van der Waals surface area contributed by atoms with Crippen LogP contribution in [0.2, 0.25) is 0 Å². The molecule has 0 heterocycles. The van der Waals surface area contributed by atoms with Crippen LogP contribution >= 0.6 is 0 Å². The Hall–Kier alpha value is -1.58. The van der Waals surface area contributed by atoms with E-state index in [-0.39, 0.29) is 0 Å². The standard InChI is InChI=1S/C13H20O2.C3H4O2/c14-13(15)12(11-7-3-4-8-11)9-10-5-1-2-6-10;1-2-3(4)5/h9-11H,1-8H2,(H,14,15);2H,1H2,(H,4,5). The third-order valence-electron chi connectivity index (χ3n) is 4.03. The molecule has 2 rings (SSSR count). The second-order valence-corrected chi connectivity index (χ2v) is 5.50. The molecule has 0 aliphatic heterocycles. The maximum Gasteiger partial charge on any atom is 0.331 e. The van der Waals surface area contributed by atoms with E-state index in [1.807, 2.05) is 0 Å². The van der Waals surface area contributed by atoms with Crippen LogP contribution in [0.4, 0.5) is 0 Å². The molecule has 2 saturated carbocycles. The van der Waals surface area contributed by atoms with Crippen molar-refractivity contribution in [2.24, 2.45) is 11.8 Å². The molecule has 0 bridgehead atoms. The zero-order valence-electron chi connectivity index (χ0n) is 11.9. The van der Waals surface area contributed by atoms with Crippen molar-refractivity contribution in [2.45, 2.75) is 51.4 Å². The Morgan fingerprint density at radius 2 is 1.40 bits per heavy atom. The summed E-state index contributed by atoms with van der Waals surface area (Å²) in [5.41, 5.74) is 0.722. The molecule has 0 aromatic carbocycles. The predicted molar refractivity (Wildman–Crippen MR) is 77.5 cm³/mol. The van der Waals surface area contributed by atoms with Crippen LogP contribution in [0.5, 0.6) is 0 Å². The van der Waals surface area contributed by atoms with Crippen molar-refractivity contribution in [3.8, 4) is 0 Å². The zero-order valence-corrected chi connectivity index (χ0v) is 11.9. The summed E-state index contributed by atoms with van der Waals surface area (Å²) >= 11 is 0. The molecule has 20 heavy (non-hydrogen) atoms. The maximum absolute atomic E-state index is 11.2. The highest BCUT2D eigenvalue weighted by molar-refractivity contribution is 5.87. The molecular weight excluding hydrogens is 256 g/mol. The number of hydrogen-bond acceptors (Lipinski definition) is 2. The van der Waals surface area contributed by atoms with Crippen molar-refractivity contribution in [2.75, 3.05) is 0 Å². The SMILES string of the molecule is C=CC(=O)O.O=C(O)C(=CC1CCCC1)C1CCCC1. The van der Waals surface area contributed by atoms with Gasteiger partial charge in [-0.15, -0.1) is 0 Å². The third kappa shape index (κ3) is 5.59. The molecule has 2 N–H and O–H groups in total. The van der Waals surface area contributed by atoms with Gasteiger partial charge in [-0.05, 0) is 37.5 Å². The molecule has 0 aromatic rings. The molecular formula is C16H24O4. The third-order valence-corrected chi connectivity index (χ3v) is 4.03. The maximum atomic E-state index is 11.2. The largest absolute Gasteiger partial charge is 0.478 e. The Bertz CT molecular complexity index is 372. The summed E-state index contributed by atoms with van der Waals surface area (Å²) < 4.78 is 0. The van der Waals surface area contributed by atoms with Gasteiger partial charge < -0.3 is 10.2 Å². The fraction of sp³-hybridized carbons (Fsp3) is 0.625. The highest BCUT2D eigenvalue weighted by atomic mass is 16.4. The highest BCUT2D eigenvalue weighted by Gasteiger charge is 2.25. The second-order valence-electron chi connectivity index (χ2n) is 5.50. The van der Waals surface area contributed by atoms with Crippen molar-refractivity contribution < 1.29 is 19.8 Å². The average Bonchev–Trinajstić information content (AvgIpc) is 3.09. The Morgan fingerprint density at radius 1 is 0.950 bits per heavy atom. The topological polar surface area (TPSA) is 74.6 Å². The van der Waals surface area contributed by atoms with E-state index in [4.69, 9.17) is 5.11 Å². The van der Waals surface area contributed by atoms with Gasteiger partial charge in [-0.25, -0.2) is 9.59 Å². The number of hydrogen-bond donors (Lipinski definition) is 2. The molecule has 0 amide bonds. The lowest BCUT2D eigenvalue weighted by molar-refractivity contribution is -0.133. The molecule has 0 atom stereocenters. The van der Waals surface area contributed by atoms with Crippen molar-refractivity contribution in [1.82, 2.24) is 0 Å². The number of carboxylic acids is 2.